The number of fused-ring (bicyclic) bond motifs is 1. The van der Waals surface area contributed by atoms with Crippen LogP contribution in [0.25, 0.3) is 0 Å². The number of aliphatic hydroxyl groups is 1. The maximum absolute atomic E-state index is 13.1. The van der Waals surface area contributed by atoms with Crippen molar-refractivity contribution in [3.63, 3.8) is 0 Å². The van der Waals surface area contributed by atoms with E-state index < -0.39 is 12.1 Å². The van der Waals surface area contributed by atoms with E-state index in [0.717, 1.165) is 11.1 Å². The minimum atomic E-state index is -0.850. The lowest BCUT2D eigenvalue weighted by Crippen LogP contribution is -2.52. The van der Waals surface area contributed by atoms with Gasteiger partial charge >= 0.3 is 0 Å². The lowest BCUT2D eigenvalue weighted by atomic mass is 10.1. The van der Waals surface area contributed by atoms with Gasteiger partial charge in [0.25, 0.3) is 0 Å². The Kier molecular flexibility index (Phi) is 5.55. The zero-order valence-electron chi connectivity index (χ0n) is 17.5. The van der Waals surface area contributed by atoms with Crippen molar-refractivity contribution in [1.82, 2.24) is 19.7 Å². The summed E-state index contributed by atoms with van der Waals surface area (Å²) in [5.41, 5.74) is 3.06. The molecular formula is C21H24FN7O2. The molecule has 0 fully saturated rings. The standard InChI is InChI=1S/C21H24FN7O2/c1-12-17-19(28(3)18(13(2)30)20(31)26-17)27-21(25-12)23-8-15-9-24-29(11-15)10-14-4-6-16(22)7-5-14/h4-7,9,11,13,18,30H,8,10H2,1-3H3,(H,26,31)(H,23,25,27). The van der Waals surface area contributed by atoms with E-state index >= 15 is 0 Å². The van der Waals surface area contributed by atoms with Gasteiger partial charge in [0, 0.05) is 25.4 Å². The number of halogens is 1. The van der Waals surface area contributed by atoms with Gasteiger partial charge in [-0.1, -0.05) is 12.1 Å². The van der Waals surface area contributed by atoms with Crippen molar-refractivity contribution in [3.8, 4) is 0 Å². The van der Waals surface area contributed by atoms with Crippen LogP contribution in [0.15, 0.2) is 36.7 Å². The highest BCUT2D eigenvalue weighted by molar-refractivity contribution is 6.03. The SMILES string of the molecule is Cc1nc(NCc2cnn(Cc3ccc(F)cc3)c2)nc2c1NC(=O)C(C(C)O)N2C. The third-order valence-electron chi connectivity index (χ3n) is 5.19. The topological polar surface area (TPSA) is 108 Å². The molecule has 1 aliphatic rings. The number of aromatic nitrogens is 4. The summed E-state index contributed by atoms with van der Waals surface area (Å²) < 4.78 is 14.8. The van der Waals surface area contributed by atoms with Gasteiger partial charge in [-0.2, -0.15) is 10.1 Å². The van der Waals surface area contributed by atoms with Crippen LogP contribution in [0.3, 0.4) is 0 Å². The van der Waals surface area contributed by atoms with Crippen molar-refractivity contribution in [3.05, 3.63) is 59.3 Å². The van der Waals surface area contributed by atoms with Gasteiger partial charge in [0.1, 0.15) is 17.5 Å². The second-order valence-corrected chi connectivity index (χ2v) is 7.64. The number of aliphatic hydroxyl groups excluding tert-OH is 1. The van der Waals surface area contributed by atoms with Crippen molar-refractivity contribution >= 4 is 23.4 Å². The molecule has 2 atom stereocenters. The Hall–Kier alpha value is -3.53. The normalized spacial score (nSPS) is 16.6. The van der Waals surface area contributed by atoms with Gasteiger partial charge in [-0.05, 0) is 31.5 Å². The fraction of sp³-hybridized carbons (Fsp3) is 0.333. The van der Waals surface area contributed by atoms with E-state index in [4.69, 9.17) is 0 Å². The zero-order chi connectivity index (χ0) is 22.1. The summed E-state index contributed by atoms with van der Waals surface area (Å²) in [5, 5.41) is 20.3. The van der Waals surface area contributed by atoms with Gasteiger partial charge in [-0.25, -0.2) is 9.37 Å². The predicted molar refractivity (Wildman–Crippen MR) is 114 cm³/mol. The van der Waals surface area contributed by atoms with E-state index in [9.17, 15) is 14.3 Å². The molecule has 9 nitrogen and oxygen atoms in total. The molecule has 0 saturated heterocycles. The Balaban J connectivity index is 1.46. The molecule has 1 amide bonds. The molecule has 31 heavy (non-hydrogen) atoms. The summed E-state index contributed by atoms with van der Waals surface area (Å²) in [6, 6.07) is 5.60. The molecular weight excluding hydrogens is 401 g/mol. The van der Waals surface area contributed by atoms with E-state index in [1.54, 1.807) is 48.8 Å². The number of rotatable bonds is 6. The second-order valence-electron chi connectivity index (χ2n) is 7.64. The number of nitrogens with zero attached hydrogens (tertiary/aromatic N) is 5. The number of carbonyl (C=O) groups excluding carboxylic acids is 1. The minimum Gasteiger partial charge on any atom is -0.391 e. The lowest BCUT2D eigenvalue weighted by molar-refractivity contribution is -0.119. The average Bonchev–Trinajstić information content (AvgIpc) is 3.16. The molecule has 1 aromatic carbocycles. The number of hydrogen-bond donors (Lipinski definition) is 3. The maximum Gasteiger partial charge on any atom is 0.249 e. The van der Waals surface area contributed by atoms with Crippen LogP contribution in [0, 0.1) is 12.7 Å². The molecule has 0 saturated carbocycles. The first-order valence-corrected chi connectivity index (χ1v) is 9.92. The number of likely N-dealkylation sites (N-methyl/N-ethyl adjacent to an activating group) is 1. The minimum absolute atomic E-state index is 0.264. The van der Waals surface area contributed by atoms with E-state index in [0.29, 0.717) is 36.2 Å². The molecule has 3 heterocycles. The van der Waals surface area contributed by atoms with Crippen molar-refractivity contribution in [2.75, 3.05) is 22.6 Å². The lowest BCUT2D eigenvalue weighted by Gasteiger charge is -2.36. The van der Waals surface area contributed by atoms with Gasteiger partial charge in [-0.3, -0.25) is 9.48 Å². The van der Waals surface area contributed by atoms with Crippen molar-refractivity contribution in [2.45, 2.75) is 39.1 Å². The van der Waals surface area contributed by atoms with Crippen molar-refractivity contribution in [2.24, 2.45) is 0 Å². The first kappa shape index (κ1) is 20.7. The van der Waals surface area contributed by atoms with Crippen LogP contribution in [0.2, 0.25) is 0 Å². The van der Waals surface area contributed by atoms with E-state index in [2.05, 4.69) is 25.7 Å². The van der Waals surface area contributed by atoms with Gasteiger partial charge < -0.3 is 20.6 Å². The number of amides is 1. The summed E-state index contributed by atoms with van der Waals surface area (Å²) in [6.07, 6.45) is 2.80. The third-order valence-corrected chi connectivity index (χ3v) is 5.19. The number of benzene rings is 1. The Bertz CT molecular complexity index is 1100. The van der Waals surface area contributed by atoms with Crippen LogP contribution in [0.4, 0.5) is 21.8 Å². The number of aryl methyl sites for hydroxylation is 1. The van der Waals surface area contributed by atoms with Crippen molar-refractivity contribution in [1.29, 1.82) is 0 Å². The number of nitrogens with one attached hydrogen (secondary N) is 2. The summed E-state index contributed by atoms with van der Waals surface area (Å²) in [6.45, 7) is 4.36. The number of anilines is 3. The van der Waals surface area contributed by atoms with Crippen LogP contribution in [0.5, 0.6) is 0 Å². The summed E-state index contributed by atoms with van der Waals surface area (Å²) in [4.78, 5) is 22.9. The largest absolute Gasteiger partial charge is 0.391 e. The van der Waals surface area contributed by atoms with Gasteiger partial charge in [0.15, 0.2) is 5.82 Å². The van der Waals surface area contributed by atoms with Crippen LogP contribution in [-0.4, -0.2) is 50.0 Å². The fourth-order valence-electron chi connectivity index (χ4n) is 3.63. The molecule has 3 aromatic rings. The predicted octanol–water partition coefficient (Wildman–Crippen LogP) is 1.92. The van der Waals surface area contributed by atoms with Gasteiger partial charge in [-0.15, -0.1) is 0 Å². The highest BCUT2D eigenvalue weighted by Gasteiger charge is 2.36. The monoisotopic (exact) mass is 425 g/mol. The first-order valence-electron chi connectivity index (χ1n) is 9.92. The molecule has 4 rings (SSSR count). The summed E-state index contributed by atoms with van der Waals surface area (Å²) in [5.74, 6) is 0.410. The molecule has 162 valence electrons. The zero-order valence-corrected chi connectivity index (χ0v) is 17.5. The van der Waals surface area contributed by atoms with Crippen LogP contribution in [0.1, 0.15) is 23.7 Å². The number of hydrogen-bond acceptors (Lipinski definition) is 7. The molecule has 0 spiro atoms. The third kappa shape index (κ3) is 4.33. The molecule has 3 N–H and O–H groups in total. The van der Waals surface area contributed by atoms with Crippen LogP contribution < -0.4 is 15.5 Å². The van der Waals surface area contributed by atoms with Crippen LogP contribution >= 0.6 is 0 Å². The highest BCUT2D eigenvalue weighted by Crippen LogP contribution is 2.33. The van der Waals surface area contributed by atoms with E-state index in [-0.39, 0.29) is 11.7 Å². The smallest absolute Gasteiger partial charge is 0.249 e. The van der Waals surface area contributed by atoms with Gasteiger partial charge in [0.05, 0.1) is 24.5 Å². The molecule has 0 radical (unpaired) electrons. The van der Waals surface area contributed by atoms with Crippen molar-refractivity contribution < 1.29 is 14.3 Å². The first-order chi connectivity index (χ1) is 14.8. The summed E-state index contributed by atoms with van der Waals surface area (Å²) in [7, 11) is 1.73. The molecule has 2 aromatic heterocycles. The molecule has 1 aliphatic heterocycles. The molecule has 10 heteroatoms. The second kappa shape index (κ2) is 8.31. The Morgan fingerprint density at radius 2 is 2.00 bits per heavy atom. The van der Waals surface area contributed by atoms with Gasteiger partial charge in [0.2, 0.25) is 11.9 Å². The Labute approximate surface area is 178 Å². The Morgan fingerprint density at radius 1 is 1.26 bits per heavy atom. The van der Waals surface area contributed by atoms with Crippen LogP contribution in [-0.2, 0) is 17.9 Å². The Morgan fingerprint density at radius 3 is 2.71 bits per heavy atom. The molecule has 0 aliphatic carbocycles. The average molecular weight is 425 g/mol. The van der Waals surface area contributed by atoms with E-state index in [1.807, 2.05) is 6.20 Å². The highest BCUT2D eigenvalue weighted by atomic mass is 19.1. The van der Waals surface area contributed by atoms with E-state index in [1.165, 1.54) is 12.1 Å². The summed E-state index contributed by atoms with van der Waals surface area (Å²) >= 11 is 0. The fourth-order valence-corrected chi connectivity index (χ4v) is 3.63. The number of carbonyl (C=O) groups is 1. The quantitative estimate of drug-likeness (QED) is 0.554. The molecule has 0 bridgehead atoms. The molecule has 2 unspecified atom stereocenters. The maximum atomic E-state index is 13.1.